The molecule has 2 aliphatic rings. The number of nitrogens with one attached hydrogen (secondary N) is 2. The number of likely N-dealkylation sites (tertiary alicyclic amines) is 1. The number of amides is 2. The molecule has 1 aromatic carbocycles. The van der Waals surface area contributed by atoms with Gasteiger partial charge in [0.15, 0.2) is 5.82 Å². The largest absolute Gasteiger partial charge is 0.416 e. The second-order valence-corrected chi connectivity index (χ2v) is 10.8. The predicted molar refractivity (Wildman–Crippen MR) is 155 cm³/mol. The summed E-state index contributed by atoms with van der Waals surface area (Å²) in [5.74, 6) is 1.16. The van der Waals surface area contributed by atoms with Crippen molar-refractivity contribution in [1.82, 2.24) is 24.3 Å². The molecule has 9 nitrogen and oxygen atoms in total. The number of benzene rings is 1. The minimum atomic E-state index is -4.54. The summed E-state index contributed by atoms with van der Waals surface area (Å²) in [7, 11) is 0. The first-order chi connectivity index (χ1) is 19.7. The Morgan fingerprint density at radius 3 is 2.51 bits per heavy atom. The zero-order chi connectivity index (χ0) is 28.7. The molecule has 0 radical (unpaired) electrons. The van der Waals surface area contributed by atoms with Gasteiger partial charge in [-0.05, 0) is 49.9 Å². The van der Waals surface area contributed by atoms with Crippen molar-refractivity contribution >= 4 is 51.8 Å². The monoisotopic (exact) mass is 675 g/mol. The Morgan fingerprint density at radius 1 is 1.02 bits per heavy atom. The van der Waals surface area contributed by atoms with Gasteiger partial charge in [-0.1, -0.05) is 12.1 Å². The maximum absolute atomic E-state index is 13.0. The summed E-state index contributed by atoms with van der Waals surface area (Å²) in [6.45, 7) is 1.38. The Hall–Kier alpha value is -3.75. The minimum absolute atomic E-state index is 0.0576. The van der Waals surface area contributed by atoms with Gasteiger partial charge in [-0.25, -0.2) is 15.0 Å². The summed E-state index contributed by atoms with van der Waals surface area (Å²) in [4.78, 5) is 40.9. The fourth-order valence-corrected chi connectivity index (χ4v) is 5.64. The van der Waals surface area contributed by atoms with E-state index in [4.69, 9.17) is 4.98 Å². The zero-order valence-corrected chi connectivity index (χ0v) is 23.8. The first-order valence-electron chi connectivity index (χ1n) is 13.2. The standard InChI is InChI=1S/C28H25F3IN7O2/c29-28(30,31)20-9-10-33-21(14-20)35-26(40)17-5-3-16(4-6-17)22-23-24(37-32)34-11-13-39(23)25(36-22)19-2-1-12-38(15-19)27(41)18-7-8-18/h3-6,9-11,13-14,18-19H,1-2,7-8,12,15H2,(H,34,37)(H,33,35,40)/t19-/m1/s1. The molecule has 3 aromatic heterocycles. The topological polar surface area (TPSA) is 105 Å². The summed E-state index contributed by atoms with van der Waals surface area (Å²) in [6.07, 6.45) is 3.78. The average molecular weight is 675 g/mol. The Kier molecular flexibility index (Phi) is 7.30. The number of pyridine rings is 1. The summed E-state index contributed by atoms with van der Waals surface area (Å²) in [6, 6.07) is 8.31. The van der Waals surface area contributed by atoms with Crippen LogP contribution in [0.5, 0.6) is 0 Å². The summed E-state index contributed by atoms with van der Waals surface area (Å²) in [5.41, 5.74) is 1.54. The van der Waals surface area contributed by atoms with Gasteiger partial charge in [-0.3, -0.25) is 14.0 Å². The van der Waals surface area contributed by atoms with Crippen LogP contribution < -0.4 is 8.85 Å². The van der Waals surface area contributed by atoms with Gasteiger partial charge >= 0.3 is 6.18 Å². The van der Waals surface area contributed by atoms with Crippen molar-refractivity contribution < 1.29 is 22.8 Å². The molecule has 1 atom stereocenters. The van der Waals surface area contributed by atoms with Crippen molar-refractivity contribution in [3.8, 4) is 11.3 Å². The van der Waals surface area contributed by atoms with E-state index in [-0.39, 0.29) is 29.1 Å². The molecular weight excluding hydrogens is 650 g/mol. The molecule has 13 heteroatoms. The van der Waals surface area contributed by atoms with Crippen molar-refractivity contribution in [2.75, 3.05) is 21.9 Å². The number of alkyl halides is 3. The fourth-order valence-electron chi connectivity index (χ4n) is 5.24. The van der Waals surface area contributed by atoms with E-state index >= 15 is 0 Å². The van der Waals surface area contributed by atoms with Crippen molar-refractivity contribution in [3.63, 3.8) is 0 Å². The maximum atomic E-state index is 13.0. The molecular formula is C28H25F3IN7O2. The van der Waals surface area contributed by atoms with E-state index in [1.807, 2.05) is 38.4 Å². The number of hydrogen-bond donors (Lipinski definition) is 2. The molecule has 6 rings (SSSR count). The predicted octanol–water partition coefficient (Wildman–Crippen LogP) is 5.94. The highest BCUT2D eigenvalue weighted by Crippen LogP contribution is 2.37. The minimum Gasteiger partial charge on any atom is -0.342 e. The molecule has 4 aromatic rings. The number of fused-ring (bicyclic) bond motifs is 1. The highest BCUT2D eigenvalue weighted by Gasteiger charge is 2.37. The molecule has 4 heterocycles. The van der Waals surface area contributed by atoms with Gasteiger partial charge < -0.3 is 13.7 Å². The van der Waals surface area contributed by atoms with E-state index in [2.05, 4.69) is 18.8 Å². The first-order valence-corrected chi connectivity index (χ1v) is 14.3. The lowest BCUT2D eigenvalue weighted by atomic mass is 9.97. The van der Waals surface area contributed by atoms with Crippen molar-refractivity contribution in [2.45, 2.75) is 37.8 Å². The lowest BCUT2D eigenvalue weighted by Crippen LogP contribution is -2.40. The second-order valence-electron chi connectivity index (χ2n) is 10.3. The summed E-state index contributed by atoms with van der Waals surface area (Å²) in [5, 5.41) is 2.43. The molecule has 1 aliphatic heterocycles. The van der Waals surface area contributed by atoms with Gasteiger partial charge in [-0.15, -0.1) is 0 Å². The molecule has 1 saturated carbocycles. The van der Waals surface area contributed by atoms with E-state index in [1.54, 1.807) is 30.5 Å². The molecule has 1 aliphatic carbocycles. The van der Waals surface area contributed by atoms with Crippen LogP contribution in [-0.2, 0) is 11.0 Å². The van der Waals surface area contributed by atoms with Gasteiger partial charge in [0.05, 0.1) is 28.4 Å². The summed E-state index contributed by atoms with van der Waals surface area (Å²) < 4.78 is 44.2. The number of halogens is 4. The van der Waals surface area contributed by atoms with Crippen LogP contribution in [0.25, 0.3) is 16.8 Å². The van der Waals surface area contributed by atoms with Gasteiger partial charge in [0.25, 0.3) is 5.91 Å². The average Bonchev–Trinajstić information content (AvgIpc) is 3.76. The lowest BCUT2D eigenvalue weighted by Gasteiger charge is -2.32. The van der Waals surface area contributed by atoms with Crippen molar-refractivity contribution in [1.29, 1.82) is 0 Å². The Balaban J connectivity index is 1.29. The van der Waals surface area contributed by atoms with Crippen LogP contribution in [0.3, 0.4) is 0 Å². The van der Waals surface area contributed by atoms with Crippen LogP contribution in [-0.4, -0.2) is 49.2 Å². The van der Waals surface area contributed by atoms with Crippen LogP contribution in [0.1, 0.15) is 53.3 Å². The van der Waals surface area contributed by atoms with Crippen LogP contribution >= 0.6 is 22.9 Å². The number of carbonyl (C=O) groups is 2. The van der Waals surface area contributed by atoms with Gasteiger partial charge in [-0.2, -0.15) is 13.2 Å². The highest BCUT2D eigenvalue weighted by molar-refractivity contribution is 14.1. The second kappa shape index (κ2) is 10.9. The van der Waals surface area contributed by atoms with E-state index in [9.17, 15) is 22.8 Å². The smallest absolute Gasteiger partial charge is 0.342 e. The zero-order valence-electron chi connectivity index (χ0n) is 21.7. The van der Waals surface area contributed by atoms with Gasteiger partial charge in [0.2, 0.25) is 5.91 Å². The third-order valence-electron chi connectivity index (χ3n) is 7.45. The number of anilines is 2. The Bertz CT molecular complexity index is 1620. The number of piperidine rings is 1. The van der Waals surface area contributed by atoms with Crippen molar-refractivity contribution in [3.05, 3.63) is 71.9 Å². The molecule has 1 saturated heterocycles. The van der Waals surface area contributed by atoms with Crippen LogP contribution in [0.2, 0.25) is 0 Å². The molecule has 41 heavy (non-hydrogen) atoms. The molecule has 0 spiro atoms. The number of rotatable bonds is 6. The van der Waals surface area contributed by atoms with Crippen LogP contribution in [0.4, 0.5) is 24.8 Å². The van der Waals surface area contributed by atoms with Crippen LogP contribution in [0.15, 0.2) is 55.0 Å². The molecule has 2 N–H and O–H groups in total. The number of aromatic nitrogens is 4. The van der Waals surface area contributed by atoms with Gasteiger partial charge in [0, 0.05) is 54.6 Å². The Morgan fingerprint density at radius 2 is 1.80 bits per heavy atom. The fraction of sp³-hybridized carbons (Fsp3) is 0.321. The molecule has 212 valence electrons. The van der Waals surface area contributed by atoms with E-state index in [0.717, 1.165) is 67.5 Å². The van der Waals surface area contributed by atoms with E-state index in [1.165, 1.54) is 0 Å². The van der Waals surface area contributed by atoms with Gasteiger partial charge in [0.1, 0.15) is 22.9 Å². The van der Waals surface area contributed by atoms with Crippen LogP contribution in [0, 0.1) is 5.92 Å². The maximum Gasteiger partial charge on any atom is 0.416 e. The van der Waals surface area contributed by atoms with E-state index < -0.39 is 17.6 Å². The van der Waals surface area contributed by atoms with Crippen molar-refractivity contribution in [2.24, 2.45) is 5.92 Å². The quantitative estimate of drug-likeness (QED) is 0.194. The number of hydrogen-bond acceptors (Lipinski definition) is 6. The number of nitrogens with zero attached hydrogens (tertiary/aromatic N) is 5. The summed E-state index contributed by atoms with van der Waals surface area (Å²) >= 11 is 2.02. The number of imidazole rings is 1. The third-order valence-corrected chi connectivity index (χ3v) is 7.96. The Labute approximate surface area is 247 Å². The lowest BCUT2D eigenvalue weighted by molar-refractivity contribution is -0.137. The molecule has 0 unspecified atom stereocenters. The van der Waals surface area contributed by atoms with E-state index in [0.29, 0.717) is 18.1 Å². The third kappa shape index (κ3) is 5.59. The molecule has 2 fully saturated rings. The normalized spacial score (nSPS) is 17.5. The molecule has 2 amide bonds. The highest BCUT2D eigenvalue weighted by atomic mass is 127. The SMILES string of the molecule is O=C(Nc1cc(C(F)(F)F)ccn1)c1ccc(-c2nc([C@@H]3CCCN(C(=O)C4CC4)C3)n3ccnc(NI)c23)cc1. The number of carbonyl (C=O) groups excluding carboxylic acids is 2. The first kappa shape index (κ1) is 27.4. The molecule has 0 bridgehead atoms.